The summed E-state index contributed by atoms with van der Waals surface area (Å²) in [5.74, 6) is 0.801. The first-order chi connectivity index (χ1) is 9.31. The summed E-state index contributed by atoms with van der Waals surface area (Å²) in [6, 6.07) is 3.76. The zero-order chi connectivity index (χ0) is 13.1. The monoisotopic (exact) mass is 280 g/mol. The highest BCUT2D eigenvalue weighted by Crippen LogP contribution is 2.26. The number of nitrogens with one attached hydrogen (secondary N) is 1. The van der Waals surface area contributed by atoms with E-state index in [4.69, 9.17) is 9.15 Å². The number of ether oxygens (including phenoxy) is 1. The van der Waals surface area contributed by atoms with Gasteiger partial charge in [-0.2, -0.15) is 0 Å². The first kappa shape index (κ1) is 12.8. The number of aromatic nitrogens is 1. The standard InChI is InChI=1S/C13H16N2O3S/c16-7-13(8-17-9-13)6-14-4-10-5-19-12(15-10)11-2-1-3-18-11/h1-3,5,14,16H,4,6-9H2. The number of nitrogens with zero attached hydrogens (tertiary/aromatic N) is 1. The molecule has 6 heteroatoms. The van der Waals surface area contributed by atoms with Crippen molar-refractivity contribution in [2.45, 2.75) is 6.54 Å². The van der Waals surface area contributed by atoms with Gasteiger partial charge in [0.1, 0.15) is 0 Å². The Bertz CT molecular complexity index is 514. The Hall–Kier alpha value is -1.21. The second-order valence-electron chi connectivity index (χ2n) is 4.88. The van der Waals surface area contributed by atoms with Crippen LogP contribution in [0.25, 0.3) is 10.8 Å². The number of furan rings is 1. The average Bonchev–Trinajstić information content (AvgIpc) is 3.02. The Morgan fingerprint density at radius 1 is 1.47 bits per heavy atom. The van der Waals surface area contributed by atoms with Crippen LogP contribution in [0.2, 0.25) is 0 Å². The van der Waals surface area contributed by atoms with E-state index in [1.807, 2.05) is 17.5 Å². The van der Waals surface area contributed by atoms with Crippen LogP contribution in [0.3, 0.4) is 0 Å². The van der Waals surface area contributed by atoms with Crippen LogP contribution in [0, 0.1) is 5.41 Å². The van der Waals surface area contributed by atoms with Crippen molar-refractivity contribution in [3.05, 3.63) is 29.5 Å². The Kier molecular flexibility index (Phi) is 3.65. The average molecular weight is 280 g/mol. The van der Waals surface area contributed by atoms with Gasteiger partial charge >= 0.3 is 0 Å². The number of aliphatic hydroxyl groups is 1. The summed E-state index contributed by atoms with van der Waals surface area (Å²) in [4.78, 5) is 4.51. The van der Waals surface area contributed by atoms with E-state index in [1.165, 1.54) is 0 Å². The summed E-state index contributed by atoms with van der Waals surface area (Å²) in [5.41, 5.74) is 0.893. The van der Waals surface area contributed by atoms with Gasteiger partial charge in [0, 0.05) is 18.5 Å². The summed E-state index contributed by atoms with van der Waals surface area (Å²) in [5, 5.41) is 15.6. The van der Waals surface area contributed by atoms with Crippen LogP contribution in [-0.2, 0) is 11.3 Å². The molecule has 0 radical (unpaired) electrons. The van der Waals surface area contributed by atoms with Crippen molar-refractivity contribution in [3.8, 4) is 10.8 Å². The van der Waals surface area contributed by atoms with Gasteiger partial charge in [0.05, 0.1) is 37.2 Å². The van der Waals surface area contributed by atoms with Crippen molar-refractivity contribution in [1.29, 1.82) is 0 Å². The van der Waals surface area contributed by atoms with Crippen LogP contribution in [0.15, 0.2) is 28.2 Å². The number of hydrogen-bond donors (Lipinski definition) is 2. The Labute approximate surface area is 115 Å². The van der Waals surface area contributed by atoms with Gasteiger partial charge in [-0.15, -0.1) is 11.3 Å². The molecule has 0 aromatic carbocycles. The molecule has 19 heavy (non-hydrogen) atoms. The minimum absolute atomic E-state index is 0.0974. The third kappa shape index (κ3) is 2.71. The van der Waals surface area contributed by atoms with Crippen LogP contribution in [0.1, 0.15) is 5.69 Å². The summed E-state index contributed by atoms with van der Waals surface area (Å²) in [7, 11) is 0. The Balaban J connectivity index is 1.53. The molecule has 0 atom stereocenters. The molecule has 5 nitrogen and oxygen atoms in total. The third-order valence-corrected chi connectivity index (χ3v) is 4.15. The van der Waals surface area contributed by atoms with Gasteiger partial charge in [-0.1, -0.05) is 0 Å². The number of rotatable bonds is 6. The van der Waals surface area contributed by atoms with Gasteiger partial charge in [0.15, 0.2) is 10.8 Å². The van der Waals surface area contributed by atoms with Crippen molar-refractivity contribution >= 4 is 11.3 Å². The molecule has 2 aromatic heterocycles. The van der Waals surface area contributed by atoms with E-state index in [2.05, 4.69) is 10.3 Å². The van der Waals surface area contributed by atoms with Gasteiger partial charge in [0.2, 0.25) is 0 Å². The van der Waals surface area contributed by atoms with E-state index in [9.17, 15) is 5.11 Å². The predicted octanol–water partition coefficient (Wildman–Crippen LogP) is 1.50. The van der Waals surface area contributed by atoms with E-state index in [0.717, 1.165) is 23.0 Å². The molecule has 102 valence electrons. The normalized spacial score (nSPS) is 17.3. The topological polar surface area (TPSA) is 67.5 Å². The lowest BCUT2D eigenvalue weighted by Crippen LogP contribution is -2.52. The van der Waals surface area contributed by atoms with Crippen molar-refractivity contribution in [1.82, 2.24) is 10.3 Å². The van der Waals surface area contributed by atoms with Crippen molar-refractivity contribution in [3.63, 3.8) is 0 Å². The van der Waals surface area contributed by atoms with E-state index in [0.29, 0.717) is 19.8 Å². The lowest BCUT2D eigenvalue weighted by Gasteiger charge is -2.39. The third-order valence-electron chi connectivity index (χ3n) is 3.24. The molecule has 0 unspecified atom stereocenters. The summed E-state index contributed by atoms with van der Waals surface area (Å²) < 4.78 is 10.5. The lowest BCUT2D eigenvalue weighted by molar-refractivity contribution is -0.134. The van der Waals surface area contributed by atoms with Crippen molar-refractivity contribution in [2.24, 2.45) is 5.41 Å². The zero-order valence-corrected chi connectivity index (χ0v) is 11.3. The SMILES string of the molecule is OCC1(CNCc2csc(-c3ccco3)n2)COC1. The predicted molar refractivity (Wildman–Crippen MR) is 71.9 cm³/mol. The minimum Gasteiger partial charge on any atom is -0.462 e. The summed E-state index contributed by atoms with van der Waals surface area (Å²) in [6.07, 6.45) is 1.65. The van der Waals surface area contributed by atoms with E-state index >= 15 is 0 Å². The Morgan fingerprint density at radius 2 is 2.37 bits per heavy atom. The Morgan fingerprint density at radius 3 is 3.00 bits per heavy atom. The molecule has 1 saturated heterocycles. The number of thiazole rings is 1. The summed E-state index contributed by atoms with van der Waals surface area (Å²) in [6.45, 7) is 2.86. The quantitative estimate of drug-likeness (QED) is 0.839. The van der Waals surface area contributed by atoms with Gasteiger partial charge in [-0.3, -0.25) is 0 Å². The molecule has 0 spiro atoms. The largest absolute Gasteiger partial charge is 0.462 e. The molecule has 2 N–H and O–H groups in total. The van der Waals surface area contributed by atoms with Gasteiger partial charge in [-0.05, 0) is 12.1 Å². The first-order valence-corrected chi connectivity index (χ1v) is 7.07. The molecule has 3 rings (SSSR count). The first-order valence-electron chi connectivity index (χ1n) is 6.19. The molecule has 1 fully saturated rings. The molecule has 1 aliphatic rings. The van der Waals surface area contributed by atoms with Crippen LogP contribution in [-0.4, -0.2) is 36.5 Å². The van der Waals surface area contributed by atoms with Gasteiger partial charge < -0.3 is 19.6 Å². The van der Waals surface area contributed by atoms with Crippen LogP contribution in [0.5, 0.6) is 0 Å². The maximum atomic E-state index is 9.32. The second-order valence-corrected chi connectivity index (χ2v) is 5.73. The maximum absolute atomic E-state index is 9.32. The summed E-state index contributed by atoms with van der Waals surface area (Å²) >= 11 is 1.57. The molecule has 0 amide bonds. The van der Waals surface area contributed by atoms with Crippen LogP contribution in [0.4, 0.5) is 0 Å². The number of hydrogen-bond acceptors (Lipinski definition) is 6. The zero-order valence-electron chi connectivity index (χ0n) is 10.5. The molecular formula is C13H16N2O3S. The lowest BCUT2D eigenvalue weighted by atomic mass is 9.87. The highest BCUT2D eigenvalue weighted by Gasteiger charge is 2.37. The second kappa shape index (κ2) is 5.42. The fraction of sp³-hybridized carbons (Fsp3) is 0.462. The molecule has 0 saturated carbocycles. The van der Waals surface area contributed by atoms with E-state index in [1.54, 1.807) is 17.6 Å². The van der Waals surface area contributed by atoms with E-state index < -0.39 is 0 Å². The molecule has 0 bridgehead atoms. The van der Waals surface area contributed by atoms with Crippen molar-refractivity contribution in [2.75, 3.05) is 26.4 Å². The highest BCUT2D eigenvalue weighted by atomic mass is 32.1. The molecular weight excluding hydrogens is 264 g/mol. The van der Waals surface area contributed by atoms with E-state index in [-0.39, 0.29) is 12.0 Å². The molecule has 3 heterocycles. The number of aliphatic hydroxyl groups excluding tert-OH is 1. The fourth-order valence-electron chi connectivity index (χ4n) is 2.00. The van der Waals surface area contributed by atoms with Crippen molar-refractivity contribution < 1.29 is 14.3 Å². The molecule has 2 aromatic rings. The molecule has 0 aliphatic carbocycles. The fourth-order valence-corrected chi connectivity index (χ4v) is 2.78. The van der Waals surface area contributed by atoms with Crippen LogP contribution < -0.4 is 5.32 Å². The van der Waals surface area contributed by atoms with Gasteiger partial charge in [0.25, 0.3) is 0 Å². The smallest absolute Gasteiger partial charge is 0.162 e. The maximum Gasteiger partial charge on any atom is 0.162 e. The van der Waals surface area contributed by atoms with Crippen LogP contribution >= 0.6 is 11.3 Å². The minimum atomic E-state index is -0.0974. The molecule has 1 aliphatic heterocycles. The highest BCUT2D eigenvalue weighted by molar-refractivity contribution is 7.13. The van der Waals surface area contributed by atoms with Gasteiger partial charge in [-0.25, -0.2) is 4.98 Å².